The Labute approximate surface area is 122 Å². The Morgan fingerprint density at radius 3 is 2.15 bits per heavy atom. The van der Waals surface area contributed by atoms with Gasteiger partial charge in [-0.3, -0.25) is 4.72 Å². The van der Waals surface area contributed by atoms with E-state index < -0.39 is 10.0 Å². The molecule has 5 heteroatoms. The van der Waals surface area contributed by atoms with Gasteiger partial charge in [0, 0.05) is 17.9 Å². The Morgan fingerprint density at radius 1 is 1.05 bits per heavy atom. The van der Waals surface area contributed by atoms with Crippen LogP contribution in [0, 0.1) is 11.8 Å². The maximum absolute atomic E-state index is 11.1. The summed E-state index contributed by atoms with van der Waals surface area (Å²) in [5, 5.41) is 3.44. The normalized spacial score (nSPS) is 23.3. The van der Waals surface area contributed by atoms with E-state index in [0.717, 1.165) is 30.3 Å². The molecule has 4 nitrogen and oxygen atoms in total. The molecule has 0 atom stereocenters. The van der Waals surface area contributed by atoms with Crippen molar-refractivity contribution in [3.8, 4) is 0 Å². The van der Waals surface area contributed by atoms with Crippen LogP contribution in [0.3, 0.4) is 0 Å². The van der Waals surface area contributed by atoms with E-state index in [0.29, 0.717) is 5.69 Å². The van der Waals surface area contributed by atoms with Crippen LogP contribution in [0.4, 0.5) is 11.4 Å². The van der Waals surface area contributed by atoms with E-state index in [1.165, 1.54) is 25.7 Å². The molecular formula is C15H24N2O2S. The van der Waals surface area contributed by atoms with Crippen molar-refractivity contribution in [3.63, 3.8) is 0 Å². The Kier molecular flexibility index (Phi) is 4.91. The number of sulfonamides is 1. The number of anilines is 2. The van der Waals surface area contributed by atoms with E-state index in [1.54, 1.807) is 12.1 Å². The van der Waals surface area contributed by atoms with Gasteiger partial charge < -0.3 is 5.32 Å². The van der Waals surface area contributed by atoms with Crippen LogP contribution in [-0.4, -0.2) is 21.2 Å². The predicted octanol–water partition coefficient (Wildman–Crippen LogP) is 3.30. The molecule has 112 valence electrons. The molecule has 1 aliphatic rings. The summed E-state index contributed by atoms with van der Waals surface area (Å²) in [6.45, 7) is 3.34. The maximum Gasteiger partial charge on any atom is 0.229 e. The zero-order chi connectivity index (χ0) is 14.6. The average molecular weight is 296 g/mol. The van der Waals surface area contributed by atoms with Gasteiger partial charge in [0.15, 0.2) is 0 Å². The largest absolute Gasteiger partial charge is 0.385 e. The monoisotopic (exact) mass is 296 g/mol. The van der Waals surface area contributed by atoms with Crippen LogP contribution in [0.2, 0.25) is 0 Å². The highest BCUT2D eigenvalue weighted by Gasteiger charge is 2.17. The molecule has 0 amide bonds. The van der Waals surface area contributed by atoms with Crippen molar-refractivity contribution in [1.29, 1.82) is 0 Å². The fraction of sp³-hybridized carbons (Fsp3) is 0.600. The van der Waals surface area contributed by atoms with E-state index in [2.05, 4.69) is 17.0 Å². The molecular weight excluding hydrogens is 272 g/mol. The summed E-state index contributed by atoms with van der Waals surface area (Å²) >= 11 is 0. The predicted molar refractivity (Wildman–Crippen MR) is 84.5 cm³/mol. The molecule has 0 bridgehead atoms. The lowest BCUT2D eigenvalue weighted by atomic mass is 9.83. The third kappa shape index (κ3) is 5.04. The molecule has 1 saturated carbocycles. The van der Waals surface area contributed by atoms with Gasteiger partial charge in [-0.05, 0) is 48.9 Å². The van der Waals surface area contributed by atoms with Crippen LogP contribution in [0.15, 0.2) is 24.3 Å². The molecule has 2 N–H and O–H groups in total. The first-order valence-corrected chi connectivity index (χ1v) is 9.13. The van der Waals surface area contributed by atoms with Crippen LogP contribution in [-0.2, 0) is 10.0 Å². The molecule has 2 rings (SSSR count). The minimum absolute atomic E-state index is 0.601. The average Bonchev–Trinajstić information content (AvgIpc) is 2.38. The highest BCUT2D eigenvalue weighted by atomic mass is 32.2. The van der Waals surface area contributed by atoms with Crippen molar-refractivity contribution in [2.24, 2.45) is 11.8 Å². The lowest BCUT2D eigenvalue weighted by Crippen LogP contribution is -2.20. The van der Waals surface area contributed by atoms with Crippen molar-refractivity contribution in [2.45, 2.75) is 32.6 Å². The highest BCUT2D eigenvalue weighted by molar-refractivity contribution is 7.92. The summed E-state index contributed by atoms with van der Waals surface area (Å²) in [6, 6.07) is 7.40. The van der Waals surface area contributed by atoms with E-state index >= 15 is 0 Å². The molecule has 0 spiro atoms. The Balaban J connectivity index is 1.82. The van der Waals surface area contributed by atoms with Crippen LogP contribution in [0.25, 0.3) is 0 Å². The van der Waals surface area contributed by atoms with Crippen molar-refractivity contribution in [2.75, 3.05) is 22.8 Å². The summed E-state index contributed by atoms with van der Waals surface area (Å²) in [4.78, 5) is 0. The van der Waals surface area contributed by atoms with Crippen LogP contribution < -0.4 is 10.0 Å². The minimum Gasteiger partial charge on any atom is -0.385 e. The molecule has 0 aromatic heterocycles. The number of nitrogens with one attached hydrogen (secondary N) is 2. The number of rotatable bonds is 5. The maximum atomic E-state index is 11.1. The number of hydrogen-bond donors (Lipinski definition) is 2. The SMILES string of the molecule is CC1CCC(CNc2ccc(NS(C)(=O)=O)cc2)CC1. The third-order valence-electron chi connectivity index (χ3n) is 3.92. The van der Waals surface area contributed by atoms with Gasteiger partial charge in [0.25, 0.3) is 0 Å². The third-order valence-corrected chi connectivity index (χ3v) is 4.52. The smallest absolute Gasteiger partial charge is 0.229 e. The molecule has 1 aromatic carbocycles. The number of benzene rings is 1. The van der Waals surface area contributed by atoms with Gasteiger partial charge >= 0.3 is 0 Å². The molecule has 20 heavy (non-hydrogen) atoms. The second kappa shape index (κ2) is 6.48. The van der Waals surface area contributed by atoms with Crippen molar-refractivity contribution in [3.05, 3.63) is 24.3 Å². The van der Waals surface area contributed by atoms with E-state index in [9.17, 15) is 8.42 Å². The fourth-order valence-electron chi connectivity index (χ4n) is 2.67. The molecule has 1 aliphatic carbocycles. The first-order valence-electron chi connectivity index (χ1n) is 7.24. The molecule has 0 aliphatic heterocycles. The van der Waals surface area contributed by atoms with Crippen molar-refractivity contribution in [1.82, 2.24) is 0 Å². The molecule has 0 saturated heterocycles. The second-order valence-electron chi connectivity index (χ2n) is 5.96. The highest BCUT2D eigenvalue weighted by Crippen LogP contribution is 2.28. The van der Waals surface area contributed by atoms with Crippen LogP contribution >= 0.6 is 0 Å². The van der Waals surface area contributed by atoms with Gasteiger partial charge in [-0.2, -0.15) is 0 Å². The standard InChI is InChI=1S/C15H24N2O2S/c1-12-3-5-13(6-4-12)11-16-14-7-9-15(10-8-14)17-20(2,18)19/h7-10,12-13,16-17H,3-6,11H2,1-2H3. The minimum atomic E-state index is -3.20. The van der Waals surface area contributed by atoms with E-state index in [-0.39, 0.29) is 0 Å². The topological polar surface area (TPSA) is 58.2 Å². The van der Waals surface area contributed by atoms with E-state index in [1.807, 2.05) is 12.1 Å². The molecule has 0 radical (unpaired) electrons. The summed E-state index contributed by atoms with van der Waals surface area (Å²) < 4.78 is 24.7. The summed E-state index contributed by atoms with van der Waals surface area (Å²) in [5.41, 5.74) is 1.65. The quantitative estimate of drug-likeness (QED) is 0.876. The molecule has 1 aromatic rings. The van der Waals surface area contributed by atoms with E-state index in [4.69, 9.17) is 0 Å². The van der Waals surface area contributed by atoms with Gasteiger partial charge in [0.2, 0.25) is 10.0 Å². The Bertz CT molecular complexity index is 517. The first-order chi connectivity index (χ1) is 9.42. The lowest BCUT2D eigenvalue weighted by molar-refractivity contribution is 0.300. The van der Waals surface area contributed by atoms with Gasteiger partial charge in [0.1, 0.15) is 0 Å². The lowest BCUT2D eigenvalue weighted by Gasteiger charge is -2.26. The summed E-state index contributed by atoms with van der Waals surface area (Å²) in [6.07, 6.45) is 6.44. The fourth-order valence-corrected chi connectivity index (χ4v) is 3.23. The van der Waals surface area contributed by atoms with Crippen molar-refractivity contribution < 1.29 is 8.42 Å². The van der Waals surface area contributed by atoms with Crippen molar-refractivity contribution >= 4 is 21.4 Å². The number of hydrogen-bond acceptors (Lipinski definition) is 3. The molecule has 0 unspecified atom stereocenters. The van der Waals surface area contributed by atoms with Crippen LogP contribution in [0.1, 0.15) is 32.6 Å². The zero-order valence-corrected chi connectivity index (χ0v) is 13.0. The summed E-state index contributed by atoms with van der Waals surface area (Å²) in [5.74, 6) is 1.65. The summed E-state index contributed by atoms with van der Waals surface area (Å²) in [7, 11) is -3.20. The Hall–Kier alpha value is -1.23. The second-order valence-corrected chi connectivity index (χ2v) is 7.71. The van der Waals surface area contributed by atoms with Gasteiger partial charge in [0.05, 0.1) is 6.26 Å². The Morgan fingerprint density at radius 2 is 1.60 bits per heavy atom. The van der Waals surface area contributed by atoms with Gasteiger partial charge in [-0.1, -0.05) is 19.8 Å². The van der Waals surface area contributed by atoms with Gasteiger partial charge in [-0.15, -0.1) is 0 Å². The first kappa shape index (κ1) is 15.2. The van der Waals surface area contributed by atoms with Crippen LogP contribution in [0.5, 0.6) is 0 Å². The molecule has 0 heterocycles. The van der Waals surface area contributed by atoms with Gasteiger partial charge in [-0.25, -0.2) is 8.42 Å². The zero-order valence-electron chi connectivity index (χ0n) is 12.2. The molecule has 1 fully saturated rings.